The number of hydrogen-bond acceptors (Lipinski definition) is 3. The second-order valence-corrected chi connectivity index (χ2v) is 5.11. The molecule has 3 N–H and O–H groups in total. The molecule has 1 aromatic carbocycles. The Morgan fingerprint density at radius 2 is 2.00 bits per heavy atom. The molecule has 0 aliphatic heterocycles. The van der Waals surface area contributed by atoms with Crippen molar-refractivity contribution in [2.24, 2.45) is 0 Å². The maximum atomic E-state index is 12.4. The Bertz CT molecular complexity index is 498. The van der Waals surface area contributed by atoms with E-state index in [-0.39, 0.29) is 24.4 Å². The molecule has 0 spiro atoms. The number of hydrogen-bond donors (Lipinski definition) is 2. The van der Waals surface area contributed by atoms with Gasteiger partial charge in [-0.25, -0.2) is 0 Å². The minimum Gasteiger partial charge on any atom is -0.399 e. The van der Waals surface area contributed by atoms with Crippen LogP contribution in [0.2, 0.25) is 0 Å². The summed E-state index contributed by atoms with van der Waals surface area (Å²) >= 11 is 0. The maximum Gasteiger partial charge on any atom is 0.254 e. The Morgan fingerprint density at radius 1 is 1.35 bits per heavy atom. The van der Waals surface area contributed by atoms with Gasteiger partial charge in [-0.1, -0.05) is 0 Å². The summed E-state index contributed by atoms with van der Waals surface area (Å²) < 4.78 is 0. The van der Waals surface area contributed by atoms with Gasteiger partial charge in [-0.3, -0.25) is 9.59 Å². The lowest BCUT2D eigenvalue weighted by Crippen LogP contribution is -2.42. The molecule has 5 heteroatoms. The third kappa shape index (κ3) is 4.26. The third-order valence-corrected chi connectivity index (χ3v) is 2.97. The monoisotopic (exact) mass is 277 g/mol. The second kappa shape index (κ2) is 6.93. The number of anilines is 1. The Morgan fingerprint density at radius 3 is 2.50 bits per heavy atom. The van der Waals surface area contributed by atoms with E-state index in [1.807, 2.05) is 27.7 Å². The molecule has 5 nitrogen and oxygen atoms in total. The van der Waals surface area contributed by atoms with Gasteiger partial charge in [0.1, 0.15) is 0 Å². The van der Waals surface area contributed by atoms with Crippen LogP contribution in [0.15, 0.2) is 18.2 Å². The van der Waals surface area contributed by atoms with Crippen LogP contribution in [0.3, 0.4) is 0 Å². The fourth-order valence-corrected chi connectivity index (χ4v) is 1.86. The summed E-state index contributed by atoms with van der Waals surface area (Å²) in [6.45, 7) is 8.03. The molecule has 110 valence electrons. The van der Waals surface area contributed by atoms with Gasteiger partial charge in [-0.2, -0.15) is 0 Å². The SMILES string of the molecule is CCN(CC(=O)NC(C)C)C(=O)c1ccc(N)c(C)c1. The van der Waals surface area contributed by atoms with Crippen molar-refractivity contribution in [2.75, 3.05) is 18.8 Å². The van der Waals surface area contributed by atoms with Crippen LogP contribution in [0.4, 0.5) is 5.69 Å². The van der Waals surface area contributed by atoms with Gasteiger partial charge in [0.25, 0.3) is 5.91 Å². The predicted molar refractivity (Wildman–Crippen MR) is 80.4 cm³/mol. The summed E-state index contributed by atoms with van der Waals surface area (Å²) in [4.78, 5) is 25.6. The van der Waals surface area contributed by atoms with Crippen LogP contribution < -0.4 is 11.1 Å². The molecule has 0 aliphatic carbocycles. The van der Waals surface area contributed by atoms with Gasteiger partial charge in [0.15, 0.2) is 0 Å². The first-order valence-corrected chi connectivity index (χ1v) is 6.80. The van der Waals surface area contributed by atoms with Crippen molar-refractivity contribution in [2.45, 2.75) is 33.7 Å². The molecule has 0 aliphatic rings. The standard InChI is InChI=1S/C15H23N3O2/c1-5-18(9-14(19)17-10(2)3)15(20)12-6-7-13(16)11(4)8-12/h6-8,10H,5,9,16H2,1-4H3,(H,17,19). The molecule has 0 aromatic heterocycles. The largest absolute Gasteiger partial charge is 0.399 e. The van der Waals surface area contributed by atoms with Gasteiger partial charge in [-0.05, 0) is 51.5 Å². The number of amides is 2. The van der Waals surface area contributed by atoms with Gasteiger partial charge < -0.3 is 16.0 Å². The van der Waals surface area contributed by atoms with Crippen molar-refractivity contribution < 1.29 is 9.59 Å². The highest BCUT2D eigenvalue weighted by molar-refractivity contribution is 5.97. The molecule has 0 heterocycles. The van der Waals surface area contributed by atoms with Crippen LogP contribution in [-0.2, 0) is 4.79 Å². The minimum absolute atomic E-state index is 0.0649. The number of carbonyl (C=O) groups is 2. The number of nitrogens with two attached hydrogens (primary N) is 1. The van der Waals surface area contributed by atoms with Gasteiger partial charge in [0.2, 0.25) is 5.91 Å². The van der Waals surface area contributed by atoms with Crippen molar-refractivity contribution in [1.29, 1.82) is 0 Å². The molecule has 0 bridgehead atoms. The van der Waals surface area contributed by atoms with Crippen LogP contribution in [0, 0.1) is 6.92 Å². The number of nitrogens with zero attached hydrogens (tertiary/aromatic N) is 1. The zero-order valence-electron chi connectivity index (χ0n) is 12.6. The minimum atomic E-state index is -0.158. The molecule has 1 rings (SSSR count). The van der Waals surface area contributed by atoms with E-state index in [0.29, 0.717) is 17.8 Å². The maximum absolute atomic E-state index is 12.4. The number of nitrogens with one attached hydrogen (secondary N) is 1. The molecular formula is C15H23N3O2. The van der Waals surface area contributed by atoms with Gasteiger partial charge >= 0.3 is 0 Å². The predicted octanol–water partition coefficient (Wildman–Crippen LogP) is 1.56. The number of rotatable bonds is 5. The highest BCUT2D eigenvalue weighted by Gasteiger charge is 2.18. The van der Waals surface area contributed by atoms with Gasteiger partial charge in [-0.15, -0.1) is 0 Å². The van der Waals surface area contributed by atoms with E-state index < -0.39 is 0 Å². The Hall–Kier alpha value is -2.04. The van der Waals surface area contributed by atoms with Crippen LogP contribution >= 0.6 is 0 Å². The summed E-state index contributed by atoms with van der Waals surface area (Å²) in [5.74, 6) is -0.308. The van der Waals surface area contributed by atoms with Crippen molar-refractivity contribution >= 4 is 17.5 Å². The van der Waals surface area contributed by atoms with E-state index >= 15 is 0 Å². The summed E-state index contributed by atoms with van der Waals surface area (Å²) in [5.41, 5.74) is 7.81. The Labute approximate surface area is 120 Å². The molecule has 1 aromatic rings. The number of benzene rings is 1. The van der Waals surface area contributed by atoms with Crippen molar-refractivity contribution in [3.8, 4) is 0 Å². The lowest BCUT2D eigenvalue weighted by molar-refractivity contribution is -0.122. The number of carbonyl (C=O) groups excluding carboxylic acids is 2. The smallest absolute Gasteiger partial charge is 0.254 e. The molecule has 0 unspecified atom stereocenters. The topological polar surface area (TPSA) is 75.4 Å². The zero-order valence-corrected chi connectivity index (χ0v) is 12.6. The molecule has 0 saturated heterocycles. The van der Waals surface area contributed by atoms with Crippen LogP contribution in [-0.4, -0.2) is 35.8 Å². The first-order valence-electron chi connectivity index (χ1n) is 6.80. The van der Waals surface area contributed by atoms with E-state index in [2.05, 4.69) is 5.32 Å². The second-order valence-electron chi connectivity index (χ2n) is 5.11. The summed E-state index contributed by atoms with van der Waals surface area (Å²) in [7, 11) is 0. The zero-order chi connectivity index (χ0) is 15.3. The molecule has 0 radical (unpaired) electrons. The summed E-state index contributed by atoms with van der Waals surface area (Å²) in [6, 6.07) is 5.22. The Balaban J connectivity index is 2.81. The van der Waals surface area contributed by atoms with Crippen molar-refractivity contribution in [3.05, 3.63) is 29.3 Å². The van der Waals surface area contributed by atoms with Crippen molar-refractivity contribution in [1.82, 2.24) is 10.2 Å². The molecule has 2 amide bonds. The van der Waals surface area contributed by atoms with Crippen LogP contribution in [0.5, 0.6) is 0 Å². The molecule has 0 saturated carbocycles. The lowest BCUT2D eigenvalue weighted by Gasteiger charge is -2.21. The van der Waals surface area contributed by atoms with E-state index in [1.54, 1.807) is 18.2 Å². The molecule has 0 fully saturated rings. The average molecular weight is 277 g/mol. The molecular weight excluding hydrogens is 254 g/mol. The van der Waals surface area contributed by atoms with Crippen LogP contribution in [0.25, 0.3) is 0 Å². The Kier molecular flexibility index (Phi) is 5.55. The fraction of sp³-hybridized carbons (Fsp3) is 0.467. The fourth-order valence-electron chi connectivity index (χ4n) is 1.86. The molecule has 20 heavy (non-hydrogen) atoms. The van der Waals surface area contributed by atoms with Crippen LogP contribution in [0.1, 0.15) is 36.7 Å². The number of nitrogen functional groups attached to an aromatic ring is 1. The van der Waals surface area contributed by atoms with E-state index in [4.69, 9.17) is 5.73 Å². The summed E-state index contributed by atoms with van der Waals surface area (Å²) in [5, 5.41) is 2.78. The average Bonchev–Trinajstić information content (AvgIpc) is 2.37. The highest BCUT2D eigenvalue weighted by atomic mass is 16.2. The number of likely N-dealkylation sites (N-methyl/N-ethyl adjacent to an activating group) is 1. The summed E-state index contributed by atoms with van der Waals surface area (Å²) in [6.07, 6.45) is 0. The highest BCUT2D eigenvalue weighted by Crippen LogP contribution is 2.14. The van der Waals surface area contributed by atoms with E-state index in [1.165, 1.54) is 4.90 Å². The van der Waals surface area contributed by atoms with Crippen molar-refractivity contribution in [3.63, 3.8) is 0 Å². The molecule has 0 atom stereocenters. The number of aryl methyl sites for hydroxylation is 1. The lowest BCUT2D eigenvalue weighted by atomic mass is 10.1. The quantitative estimate of drug-likeness (QED) is 0.802. The third-order valence-electron chi connectivity index (χ3n) is 2.97. The first-order chi connectivity index (χ1) is 9.35. The van der Waals surface area contributed by atoms with Gasteiger partial charge in [0.05, 0.1) is 6.54 Å². The van der Waals surface area contributed by atoms with E-state index in [9.17, 15) is 9.59 Å². The normalized spacial score (nSPS) is 10.4. The first kappa shape index (κ1) is 16.0. The van der Waals surface area contributed by atoms with Gasteiger partial charge in [0, 0.05) is 23.8 Å². The van der Waals surface area contributed by atoms with E-state index in [0.717, 1.165) is 5.56 Å².